The second-order valence-electron chi connectivity index (χ2n) is 5.91. The highest BCUT2D eigenvalue weighted by Gasteiger charge is 2.38. The minimum atomic E-state index is -1.09. The molecule has 0 aliphatic carbocycles. The molecule has 2 N–H and O–H groups in total. The number of carboxylic acid groups (broad SMARTS) is 1. The molecule has 5 heteroatoms. The van der Waals surface area contributed by atoms with E-state index in [1.54, 1.807) is 12.1 Å². The fraction of sp³-hybridized carbons (Fsp3) is 0.556. The van der Waals surface area contributed by atoms with E-state index in [-0.39, 0.29) is 18.6 Å². The Bertz CT molecular complexity index is 501. The van der Waals surface area contributed by atoms with Crippen molar-refractivity contribution in [2.45, 2.75) is 51.6 Å². The summed E-state index contributed by atoms with van der Waals surface area (Å²) in [5, 5.41) is 12.5. The van der Waals surface area contributed by atoms with Gasteiger partial charge in [0.1, 0.15) is 5.41 Å². The number of hydrogen-bond donors (Lipinski definition) is 2. The van der Waals surface area contributed by atoms with Crippen LogP contribution in [0, 0.1) is 0 Å². The Morgan fingerprint density at radius 2 is 1.91 bits per heavy atom. The van der Waals surface area contributed by atoms with Gasteiger partial charge in [-0.1, -0.05) is 37.3 Å². The number of benzene rings is 1. The molecule has 0 saturated heterocycles. The maximum absolute atomic E-state index is 11.9. The fourth-order valence-corrected chi connectivity index (χ4v) is 2.43. The van der Waals surface area contributed by atoms with Crippen molar-refractivity contribution in [1.29, 1.82) is 0 Å². The van der Waals surface area contributed by atoms with Crippen molar-refractivity contribution in [2.24, 2.45) is 0 Å². The van der Waals surface area contributed by atoms with E-state index in [1.807, 2.05) is 39.0 Å². The van der Waals surface area contributed by atoms with Crippen LogP contribution in [0.25, 0.3) is 0 Å². The van der Waals surface area contributed by atoms with Gasteiger partial charge in [-0.3, -0.25) is 9.59 Å². The van der Waals surface area contributed by atoms with E-state index in [0.29, 0.717) is 31.4 Å². The van der Waals surface area contributed by atoms with E-state index in [2.05, 4.69) is 5.32 Å². The molecule has 5 nitrogen and oxygen atoms in total. The molecule has 1 atom stereocenters. The van der Waals surface area contributed by atoms with Crippen LogP contribution in [0.15, 0.2) is 30.3 Å². The van der Waals surface area contributed by atoms with E-state index in [0.717, 1.165) is 0 Å². The van der Waals surface area contributed by atoms with Crippen molar-refractivity contribution in [3.63, 3.8) is 0 Å². The van der Waals surface area contributed by atoms with E-state index in [1.165, 1.54) is 0 Å². The summed E-state index contributed by atoms with van der Waals surface area (Å²) in [5.74, 6) is -1.07. The molecule has 0 fully saturated rings. The fourth-order valence-electron chi connectivity index (χ4n) is 2.43. The molecule has 0 radical (unpaired) electrons. The monoisotopic (exact) mass is 321 g/mol. The van der Waals surface area contributed by atoms with Gasteiger partial charge in [-0.05, 0) is 32.3 Å². The molecular formula is C18H27NO4. The minimum absolute atomic E-state index is 0.0900. The van der Waals surface area contributed by atoms with E-state index in [9.17, 15) is 14.7 Å². The van der Waals surface area contributed by atoms with Crippen LogP contribution >= 0.6 is 0 Å². The van der Waals surface area contributed by atoms with Gasteiger partial charge in [-0.25, -0.2) is 0 Å². The lowest BCUT2D eigenvalue weighted by Crippen LogP contribution is -2.46. The average Bonchev–Trinajstić information content (AvgIpc) is 2.53. The third-order valence-electron chi connectivity index (χ3n) is 3.93. The number of carbonyl (C=O) groups excluding carboxylic acids is 1. The Balaban J connectivity index is 2.62. The topological polar surface area (TPSA) is 75.6 Å². The third-order valence-corrected chi connectivity index (χ3v) is 3.93. The van der Waals surface area contributed by atoms with Crippen LogP contribution in [0.3, 0.4) is 0 Å². The molecule has 0 aliphatic rings. The summed E-state index contributed by atoms with van der Waals surface area (Å²) in [6.07, 6.45) is 1.52. The SMILES string of the molecule is CCC(CNC(=O)CCCOC(C)C)(C(=O)O)c1ccccc1. The Morgan fingerprint density at radius 3 is 2.43 bits per heavy atom. The normalized spacial score (nSPS) is 13.6. The Kier molecular flexibility index (Phi) is 7.75. The first kappa shape index (κ1) is 19.2. The largest absolute Gasteiger partial charge is 0.481 e. The predicted octanol–water partition coefficient (Wildman–Crippen LogP) is 2.74. The van der Waals surface area contributed by atoms with Gasteiger partial charge in [0.2, 0.25) is 5.91 Å². The van der Waals surface area contributed by atoms with Crippen LogP contribution in [-0.4, -0.2) is 36.2 Å². The molecular weight excluding hydrogens is 294 g/mol. The van der Waals surface area contributed by atoms with Crippen LogP contribution in [-0.2, 0) is 19.7 Å². The smallest absolute Gasteiger partial charge is 0.315 e. The number of rotatable bonds is 10. The summed E-state index contributed by atoms with van der Waals surface area (Å²) < 4.78 is 5.39. The summed E-state index contributed by atoms with van der Waals surface area (Å²) in [6.45, 7) is 6.34. The first-order valence-electron chi connectivity index (χ1n) is 8.09. The molecule has 0 aromatic heterocycles. The maximum atomic E-state index is 11.9. The first-order chi connectivity index (χ1) is 10.9. The zero-order valence-corrected chi connectivity index (χ0v) is 14.2. The lowest BCUT2D eigenvalue weighted by molar-refractivity contribution is -0.144. The molecule has 1 unspecified atom stereocenters. The van der Waals surface area contributed by atoms with Crippen LogP contribution < -0.4 is 5.32 Å². The van der Waals surface area contributed by atoms with Gasteiger partial charge in [0.15, 0.2) is 0 Å². The van der Waals surface area contributed by atoms with Gasteiger partial charge < -0.3 is 15.2 Å². The summed E-state index contributed by atoms with van der Waals surface area (Å²) in [6, 6.07) is 9.06. The number of aliphatic carboxylic acids is 1. The molecule has 128 valence electrons. The van der Waals surface area contributed by atoms with Crippen LogP contribution in [0.5, 0.6) is 0 Å². The highest BCUT2D eigenvalue weighted by Crippen LogP contribution is 2.27. The maximum Gasteiger partial charge on any atom is 0.315 e. The summed E-state index contributed by atoms with van der Waals surface area (Å²) >= 11 is 0. The van der Waals surface area contributed by atoms with Crippen molar-refractivity contribution in [1.82, 2.24) is 5.32 Å². The highest BCUT2D eigenvalue weighted by atomic mass is 16.5. The Labute approximate surface area is 138 Å². The zero-order valence-electron chi connectivity index (χ0n) is 14.2. The standard InChI is InChI=1S/C18H27NO4/c1-4-18(17(21)22,15-9-6-5-7-10-15)13-19-16(20)11-8-12-23-14(2)3/h5-7,9-10,14H,4,8,11-13H2,1-3H3,(H,19,20)(H,21,22). The number of hydrogen-bond acceptors (Lipinski definition) is 3. The summed E-state index contributed by atoms with van der Waals surface area (Å²) in [4.78, 5) is 23.8. The second kappa shape index (κ2) is 9.30. The quantitative estimate of drug-likeness (QED) is 0.650. The molecule has 1 amide bonds. The molecule has 1 rings (SSSR count). The Morgan fingerprint density at radius 1 is 1.26 bits per heavy atom. The van der Waals surface area contributed by atoms with Crippen molar-refractivity contribution < 1.29 is 19.4 Å². The van der Waals surface area contributed by atoms with Gasteiger partial charge in [0.25, 0.3) is 0 Å². The van der Waals surface area contributed by atoms with Gasteiger partial charge in [0.05, 0.1) is 6.10 Å². The van der Waals surface area contributed by atoms with Crippen molar-refractivity contribution in [3.8, 4) is 0 Å². The van der Waals surface area contributed by atoms with E-state index >= 15 is 0 Å². The summed E-state index contributed by atoms with van der Waals surface area (Å²) in [7, 11) is 0. The van der Waals surface area contributed by atoms with Crippen molar-refractivity contribution >= 4 is 11.9 Å². The summed E-state index contributed by atoms with van der Waals surface area (Å²) in [5.41, 5.74) is -0.385. The van der Waals surface area contributed by atoms with Gasteiger partial charge in [-0.15, -0.1) is 0 Å². The number of nitrogens with one attached hydrogen (secondary N) is 1. The lowest BCUT2D eigenvalue weighted by atomic mass is 9.78. The Hall–Kier alpha value is -1.88. The molecule has 1 aromatic rings. The molecule has 0 aliphatic heterocycles. The minimum Gasteiger partial charge on any atom is -0.481 e. The first-order valence-corrected chi connectivity index (χ1v) is 8.09. The number of carbonyl (C=O) groups is 2. The molecule has 0 spiro atoms. The van der Waals surface area contributed by atoms with Gasteiger partial charge in [-0.2, -0.15) is 0 Å². The van der Waals surface area contributed by atoms with Crippen LogP contribution in [0.1, 0.15) is 45.6 Å². The molecule has 0 heterocycles. The molecule has 0 bridgehead atoms. The van der Waals surface area contributed by atoms with E-state index < -0.39 is 11.4 Å². The van der Waals surface area contributed by atoms with Crippen LogP contribution in [0.2, 0.25) is 0 Å². The van der Waals surface area contributed by atoms with Crippen molar-refractivity contribution in [2.75, 3.05) is 13.2 Å². The molecule has 1 aromatic carbocycles. The van der Waals surface area contributed by atoms with Crippen LogP contribution in [0.4, 0.5) is 0 Å². The third kappa shape index (κ3) is 5.67. The van der Waals surface area contributed by atoms with Gasteiger partial charge in [0, 0.05) is 19.6 Å². The van der Waals surface area contributed by atoms with E-state index in [4.69, 9.17) is 4.74 Å². The molecule has 0 saturated carbocycles. The highest BCUT2D eigenvalue weighted by molar-refractivity contribution is 5.83. The van der Waals surface area contributed by atoms with Gasteiger partial charge >= 0.3 is 5.97 Å². The number of carboxylic acids is 1. The average molecular weight is 321 g/mol. The number of ether oxygens (including phenoxy) is 1. The predicted molar refractivity (Wildman–Crippen MR) is 89.4 cm³/mol. The number of amides is 1. The molecule has 23 heavy (non-hydrogen) atoms. The zero-order chi connectivity index (χ0) is 17.3. The van der Waals surface area contributed by atoms with Crippen molar-refractivity contribution in [3.05, 3.63) is 35.9 Å². The lowest BCUT2D eigenvalue weighted by Gasteiger charge is -2.29. The second-order valence-corrected chi connectivity index (χ2v) is 5.91.